The van der Waals surface area contributed by atoms with Gasteiger partial charge < -0.3 is 4.57 Å². The van der Waals surface area contributed by atoms with Gasteiger partial charge in [-0.05, 0) is 44.4 Å². The van der Waals surface area contributed by atoms with Crippen LogP contribution in [0.15, 0.2) is 17.1 Å². The van der Waals surface area contributed by atoms with Gasteiger partial charge in [-0.2, -0.15) is 4.99 Å². The number of nitrogens with zero attached hydrogens (tertiary/aromatic N) is 2. The molecule has 4 heteroatoms. The Hall–Kier alpha value is -1.42. The van der Waals surface area contributed by atoms with Crippen LogP contribution in [-0.4, -0.2) is 10.5 Å². The molecule has 0 N–H and O–H groups in total. The van der Waals surface area contributed by atoms with E-state index in [1.807, 2.05) is 0 Å². The predicted octanol–water partition coefficient (Wildman–Crippen LogP) is 3.96. The number of fused-ring (bicyclic) bond motifs is 1. The standard InChI is InChI=1S/C16H22N2OS/c1-5-7-8-14(19)17-16-18(6-2)13-10-11(3)9-12(4)15(13)20-16/h9-10H,5-8H2,1-4H3. The van der Waals surface area contributed by atoms with Gasteiger partial charge in [-0.15, -0.1) is 0 Å². The number of aromatic nitrogens is 1. The van der Waals surface area contributed by atoms with Crippen molar-refractivity contribution in [1.82, 2.24) is 4.57 Å². The maximum atomic E-state index is 11.9. The molecule has 0 bridgehead atoms. The van der Waals surface area contributed by atoms with Gasteiger partial charge in [-0.25, -0.2) is 0 Å². The van der Waals surface area contributed by atoms with Gasteiger partial charge in [-0.3, -0.25) is 4.79 Å². The molecule has 0 radical (unpaired) electrons. The number of hydrogen-bond acceptors (Lipinski definition) is 2. The SMILES string of the molecule is CCCCC(=O)N=c1sc2c(C)cc(C)cc2n1CC. The smallest absolute Gasteiger partial charge is 0.248 e. The summed E-state index contributed by atoms with van der Waals surface area (Å²) in [4.78, 5) is 17.0. The Balaban J connectivity index is 2.56. The third kappa shape index (κ3) is 3.01. The van der Waals surface area contributed by atoms with Crippen molar-refractivity contribution in [2.75, 3.05) is 0 Å². The average molecular weight is 290 g/mol. The number of unbranched alkanes of at least 4 members (excludes halogenated alkanes) is 1. The van der Waals surface area contributed by atoms with Crippen molar-refractivity contribution in [3.8, 4) is 0 Å². The summed E-state index contributed by atoms with van der Waals surface area (Å²) < 4.78 is 3.38. The number of carbonyl (C=O) groups excluding carboxylic acids is 1. The molecule has 2 rings (SSSR count). The summed E-state index contributed by atoms with van der Waals surface area (Å²) in [6, 6.07) is 4.36. The minimum absolute atomic E-state index is 0.00465. The first-order valence-electron chi connectivity index (χ1n) is 7.25. The number of thiazole rings is 1. The van der Waals surface area contributed by atoms with Crippen LogP contribution in [0.5, 0.6) is 0 Å². The van der Waals surface area contributed by atoms with E-state index in [0.29, 0.717) is 6.42 Å². The van der Waals surface area contributed by atoms with E-state index >= 15 is 0 Å². The molecule has 2 aromatic rings. The predicted molar refractivity (Wildman–Crippen MR) is 85.1 cm³/mol. The molecule has 1 amide bonds. The van der Waals surface area contributed by atoms with E-state index in [2.05, 4.69) is 49.4 Å². The van der Waals surface area contributed by atoms with Crippen molar-refractivity contribution in [2.45, 2.75) is 53.5 Å². The summed E-state index contributed by atoms with van der Waals surface area (Å²) in [7, 11) is 0. The lowest BCUT2D eigenvalue weighted by molar-refractivity contribution is -0.118. The van der Waals surface area contributed by atoms with Gasteiger partial charge in [0.15, 0.2) is 4.80 Å². The van der Waals surface area contributed by atoms with E-state index in [4.69, 9.17) is 0 Å². The maximum Gasteiger partial charge on any atom is 0.248 e. The van der Waals surface area contributed by atoms with Crippen LogP contribution in [0.1, 0.15) is 44.2 Å². The van der Waals surface area contributed by atoms with Crippen LogP contribution in [0, 0.1) is 13.8 Å². The Morgan fingerprint density at radius 1 is 1.30 bits per heavy atom. The molecule has 0 fully saturated rings. The fourth-order valence-electron chi connectivity index (χ4n) is 2.39. The lowest BCUT2D eigenvalue weighted by Crippen LogP contribution is -2.15. The van der Waals surface area contributed by atoms with Crippen LogP contribution < -0.4 is 4.80 Å². The molecular weight excluding hydrogens is 268 g/mol. The Kier molecular flexibility index (Phi) is 4.76. The van der Waals surface area contributed by atoms with Gasteiger partial charge in [0.2, 0.25) is 5.91 Å². The van der Waals surface area contributed by atoms with Crippen molar-refractivity contribution in [2.24, 2.45) is 4.99 Å². The summed E-state index contributed by atoms with van der Waals surface area (Å²) in [5.41, 5.74) is 3.70. The van der Waals surface area contributed by atoms with Crippen molar-refractivity contribution in [3.63, 3.8) is 0 Å². The van der Waals surface area contributed by atoms with E-state index in [0.717, 1.165) is 24.2 Å². The second-order valence-corrected chi connectivity index (χ2v) is 6.15. The fraction of sp³-hybridized carbons (Fsp3) is 0.500. The maximum absolute atomic E-state index is 11.9. The first-order chi connectivity index (χ1) is 9.56. The number of carbonyl (C=O) groups is 1. The van der Waals surface area contributed by atoms with E-state index in [9.17, 15) is 4.79 Å². The summed E-state index contributed by atoms with van der Waals surface area (Å²) in [6.07, 6.45) is 2.49. The van der Waals surface area contributed by atoms with Crippen LogP contribution in [0.25, 0.3) is 10.2 Å². The topological polar surface area (TPSA) is 34.4 Å². The first-order valence-corrected chi connectivity index (χ1v) is 8.06. The van der Waals surface area contributed by atoms with Crippen molar-refractivity contribution < 1.29 is 4.79 Å². The largest absolute Gasteiger partial charge is 0.317 e. The molecular formula is C16H22N2OS. The number of benzene rings is 1. The molecule has 1 aromatic carbocycles. The Bertz CT molecular complexity index is 694. The molecule has 20 heavy (non-hydrogen) atoms. The summed E-state index contributed by atoms with van der Waals surface area (Å²) in [5, 5.41) is 0. The van der Waals surface area contributed by atoms with Crippen molar-refractivity contribution in [3.05, 3.63) is 28.1 Å². The molecule has 0 unspecified atom stereocenters. The molecule has 3 nitrogen and oxygen atoms in total. The zero-order chi connectivity index (χ0) is 14.7. The zero-order valence-corrected chi connectivity index (χ0v) is 13.5. The number of rotatable bonds is 4. The van der Waals surface area contributed by atoms with Crippen molar-refractivity contribution >= 4 is 27.5 Å². The molecule has 1 aromatic heterocycles. The molecule has 0 saturated heterocycles. The van der Waals surface area contributed by atoms with Gasteiger partial charge in [0.05, 0.1) is 10.2 Å². The molecule has 0 aliphatic rings. The van der Waals surface area contributed by atoms with E-state index < -0.39 is 0 Å². The van der Waals surface area contributed by atoms with E-state index in [1.54, 1.807) is 11.3 Å². The molecule has 108 valence electrons. The molecule has 0 aliphatic heterocycles. The van der Waals surface area contributed by atoms with Gasteiger partial charge >= 0.3 is 0 Å². The minimum atomic E-state index is -0.00465. The summed E-state index contributed by atoms with van der Waals surface area (Å²) >= 11 is 1.62. The second-order valence-electron chi connectivity index (χ2n) is 5.17. The highest BCUT2D eigenvalue weighted by atomic mass is 32.1. The van der Waals surface area contributed by atoms with Crippen LogP contribution in [0.2, 0.25) is 0 Å². The highest BCUT2D eigenvalue weighted by Crippen LogP contribution is 2.23. The van der Waals surface area contributed by atoms with E-state index in [-0.39, 0.29) is 5.91 Å². The Labute approximate surface area is 124 Å². The molecule has 0 atom stereocenters. The van der Waals surface area contributed by atoms with E-state index in [1.165, 1.54) is 21.3 Å². The minimum Gasteiger partial charge on any atom is -0.317 e. The number of amides is 1. The van der Waals surface area contributed by atoms with Crippen LogP contribution >= 0.6 is 11.3 Å². The molecule has 0 saturated carbocycles. The first kappa shape index (κ1) is 15.0. The zero-order valence-electron chi connectivity index (χ0n) is 12.7. The average Bonchev–Trinajstić information content (AvgIpc) is 2.74. The molecule has 0 spiro atoms. The Morgan fingerprint density at radius 2 is 2.05 bits per heavy atom. The molecule has 1 heterocycles. The third-order valence-corrected chi connectivity index (χ3v) is 4.62. The summed E-state index contributed by atoms with van der Waals surface area (Å²) in [6.45, 7) is 9.25. The van der Waals surface area contributed by atoms with Crippen LogP contribution in [0.4, 0.5) is 0 Å². The van der Waals surface area contributed by atoms with Crippen molar-refractivity contribution in [1.29, 1.82) is 0 Å². The molecule has 0 aliphatic carbocycles. The highest BCUT2D eigenvalue weighted by molar-refractivity contribution is 7.16. The monoisotopic (exact) mass is 290 g/mol. The van der Waals surface area contributed by atoms with Crippen LogP contribution in [-0.2, 0) is 11.3 Å². The quantitative estimate of drug-likeness (QED) is 0.839. The van der Waals surface area contributed by atoms with Gasteiger partial charge in [0.1, 0.15) is 0 Å². The third-order valence-electron chi connectivity index (χ3n) is 3.40. The number of aryl methyl sites for hydroxylation is 3. The summed E-state index contributed by atoms with van der Waals surface area (Å²) in [5.74, 6) is -0.00465. The lowest BCUT2D eigenvalue weighted by Gasteiger charge is -2.03. The highest BCUT2D eigenvalue weighted by Gasteiger charge is 2.09. The number of hydrogen-bond donors (Lipinski definition) is 0. The van der Waals surface area contributed by atoms with Gasteiger partial charge in [-0.1, -0.05) is 30.7 Å². The fourth-order valence-corrected chi connectivity index (χ4v) is 3.56. The second kappa shape index (κ2) is 6.35. The lowest BCUT2D eigenvalue weighted by atomic mass is 10.1. The Morgan fingerprint density at radius 3 is 2.70 bits per heavy atom. The normalized spacial score (nSPS) is 12.3. The van der Waals surface area contributed by atoms with Gasteiger partial charge in [0, 0.05) is 13.0 Å². The van der Waals surface area contributed by atoms with Crippen LogP contribution in [0.3, 0.4) is 0 Å². The van der Waals surface area contributed by atoms with Gasteiger partial charge in [0.25, 0.3) is 0 Å².